The molecule has 1 aromatic rings. The molecule has 0 fully saturated rings. The monoisotopic (exact) mass is 301 g/mol. The Labute approximate surface area is 123 Å². The van der Waals surface area contributed by atoms with Crippen LogP contribution in [0.2, 0.25) is 0 Å². The molecule has 3 N–H and O–H groups in total. The van der Waals surface area contributed by atoms with Crippen molar-refractivity contribution in [1.82, 2.24) is 10.3 Å². The van der Waals surface area contributed by atoms with Crippen LogP contribution in [0.1, 0.15) is 45.2 Å². The Morgan fingerprint density at radius 1 is 1.53 bits per heavy atom. The third-order valence-corrected chi connectivity index (χ3v) is 5.10. The van der Waals surface area contributed by atoms with E-state index >= 15 is 0 Å². The van der Waals surface area contributed by atoms with Gasteiger partial charge >= 0.3 is 0 Å². The molecular formula is C13H23N3OS2. The summed E-state index contributed by atoms with van der Waals surface area (Å²) >= 11 is 2.95. The summed E-state index contributed by atoms with van der Waals surface area (Å²) in [4.78, 5) is 15.9. The van der Waals surface area contributed by atoms with E-state index in [2.05, 4.69) is 24.1 Å². The highest BCUT2D eigenvalue weighted by molar-refractivity contribution is 8.01. The molecule has 1 unspecified atom stereocenters. The molecule has 0 spiro atoms. The average molecular weight is 301 g/mol. The number of amides is 1. The topological polar surface area (TPSA) is 68.0 Å². The van der Waals surface area contributed by atoms with Crippen LogP contribution in [-0.2, 0) is 4.79 Å². The highest BCUT2D eigenvalue weighted by Crippen LogP contribution is 2.30. The quantitative estimate of drug-likeness (QED) is 0.571. The Morgan fingerprint density at radius 2 is 2.26 bits per heavy atom. The molecule has 0 bridgehead atoms. The second kappa shape index (κ2) is 8.43. The summed E-state index contributed by atoms with van der Waals surface area (Å²) in [6.45, 7) is 6.16. The summed E-state index contributed by atoms with van der Waals surface area (Å²) in [5, 5.41) is 3.59. The highest BCUT2D eigenvalue weighted by Gasteiger charge is 2.11. The van der Waals surface area contributed by atoms with Crippen molar-refractivity contribution in [2.75, 3.05) is 11.5 Å². The first-order chi connectivity index (χ1) is 9.02. The highest BCUT2D eigenvalue weighted by atomic mass is 32.2. The van der Waals surface area contributed by atoms with Crippen LogP contribution in [0.4, 0.5) is 5.13 Å². The summed E-state index contributed by atoms with van der Waals surface area (Å²) in [6.07, 6.45) is 4.67. The number of hydrogen-bond acceptors (Lipinski definition) is 5. The molecule has 0 radical (unpaired) electrons. The van der Waals surface area contributed by atoms with Gasteiger partial charge in [0, 0.05) is 6.04 Å². The van der Waals surface area contributed by atoms with Crippen LogP contribution >= 0.6 is 23.1 Å². The first-order valence-corrected chi connectivity index (χ1v) is 8.48. The minimum absolute atomic E-state index is 0.0837. The van der Waals surface area contributed by atoms with E-state index in [4.69, 9.17) is 5.73 Å². The minimum atomic E-state index is 0.0837. The second-order valence-corrected chi connectivity index (χ2v) is 6.95. The lowest BCUT2D eigenvalue weighted by molar-refractivity contribution is -0.119. The minimum Gasteiger partial charge on any atom is -0.375 e. The van der Waals surface area contributed by atoms with Crippen LogP contribution in [0.3, 0.4) is 0 Å². The number of carbonyl (C=O) groups excluding carboxylic acids is 1. The Hall–Kier alpha value is -0.750. The van der Waals surface area contributed by atoms with Crippen LogP contribution in [0.25, 0.3) is 0 Å². The predicted octanol–water partition coefficient (Wildman–Crippen LogP) is 3.21. The third-order valence-electron chi connectivity index (χ3n) is 2.75. The SMILES string of the molecule is CCCCCC(C)NC(=O)CSc1sc(N)nc1C. The van der Waals surface area contributed by atoms with Crippen molar-refractivity contribution in [3.8, 4) is 0 Å². The van der Waals surface area contributed by atoms with Gasteiger partial charge < -0.3 is 11.1 Å². The zero-order valence-electron chi connectivity index (χ0n) is 11.9. The van der Waals surface area contributed by atoms with Gasteiger partial charge in [-0.15, -0.1) is 11.8 Å². The summed E-state index contributed by atoms with van der Waals surface area (Å²) in [5.41, 5.74) is 6.54. The van der Waals surface area contributed by atoms with E-state index in [1.165, 1.54) is 42.4 Å². The standard InChI is InChI=1S/C13H23N3OS2/c1-4-5-6-7-9(2)15-11(17)8-18-12-10(3)16-13(14)19-12/h9H,4-8H2,1-3H3,(H2,14,16)(H,15,17). The lowest BCUT2D eigenvalue weighted by Gasteiger charge is -2.13. The van der Waals surface area contributed by atoms with Crippen molar-refractivity contribution in [2.24, 2.45) is 0 Å². The van der Waals surface area contributed by atoms with Gasteiger partial charge in [0.15, 0.2) is 5.13 Å². The van der Waals surface area contributed by atoms with Gasteiger partial charge in [-0.2, -0.15) is 0 Å². The lowest BCUT2D eigenvalue weighted by atomic mass is 10.1. The number of nitrogens with zero attached hydrogens (tertiary/aromatic N) is 1. The van der Waals surface area contributed by atoms with Crippen LogP contribution in [0.15, 0.2) is 4.21 Å². The van der Waals surface area contributed by atoms with E-state index in [0.29, 0.717) is 10.9 Å². The number of anilines is 1. The van der Waals surface area contributed by atoms with Gasteiger partial charge in [0.2, 0.25) is 5.91 Å². The average Bonchev–Trinajstić information content (AvgIpc) is 2.65. The Morgan fingerprint density at radius 3 is 2.84 bits per heavy atom. The fraction of sp³-hybridized carbons (Fsp3) is 0.692. The van der Waals surface area contributed by atoms with Gasteiger partial charge in [0.05, 0.1) is 15.7 Å². The van der Waals surface area contributed by atoms with Gasteiger partial charge in [-0.1, -0.05) is 37.5 Å². The number of nitrogens with two attached hydrogens (primary N) is 1. The second-order valence-electron chi connectivity index (χ2n) is 4.68. The summed E-state index contributed by atoms with van der Waals surface area (Å²) in [5.74, 6) is 0.515. The molecule has 1 heterocycles. The van der Waals surface area contributed by atoms with Crippen LogP contribution < -0.4 is 11.1 Å². The van der Waals surface area contributed by atoms with Crippen molar-refractivity contribution in [2.45, 2.75) is 56.7 Å². The zero-order valence-corrected chi connectivity index (χ0v) is 13.5. The predicted molar refractivity (Wildman–Crippen MR) is 83.7 cm³/mol. The molecule has 19 heavy (non-hydrogen) atoms. The van der Waals surface area contributed by atoms with Crippen molar-refractivity contribution in [3.05, 3.63) is 5.69 Å². The maximum Gasteiger partial charge on any atom is 0.230 e. The lowest BCUT2D eigenvalue weighted by Crippen LogP contribution is -2.33. The van der Waals surface area contributed by atoms with E-state index in [-0.39, 0.29) is 11.9 Å². The number of aromatic nitrogens is 1. The molecule has 6 heteroatoms. The summed E-state index contributed by atoms with van der Waals surface area (Å²) in [7, 11) is 0. The molecule has 108 valence electrons. The fourth-order valence-corrected chi connectivity index (χ4v) is 3.59. The van der Waals surface area contributed by atoms with Crippen molar-refractivity contribution in [3.63, 3.8) is 0 Å². The Balaban J connectivity index is 2.26. The molecule has 0 aliphatic heterocycles. The Kier molecular flexibility index (Phi) is 7.23. The number of nitrogens with one attached hydrogen (secondary N) is 1. The van der Waals surface area contributed by atoms with Crippen molar-refractivity contribution >= 4 is 34.1 Å². The maximum atomic E-state index is 11.8. The molecule has 0 aliphatic rings. The van der Waals surface area contributed by atoms with Gasteiger partial charge in [0.25, 0.3) is 0 Å². The van der Waals surface area contributed by atoms with Crippen LogP contribution in [0, 0.1) is 6.92 Å². The molecule has 1 rings (SSSR count). The number of aryl methyl sites for hydroxylation is 1. The summed E-state index contributed by atoms with van der Waals surface area (Å²) < 4.78 is 1.03. The van der Waals surface area contributed by atoms with Gasteiger partial charge in [-0.3, -0.25) is 4.79 Å². The molecule has 0 saturated carbocycles. The van der Waals surface area contributed by atoms with E-state index < -0.39 is 0 Å². The van der Waals surface area contributed by atoms with E-state index in [1.54, 1.807) is 0 Å². The first kappa shape index (κ1) is 16.3. The van der Waals surface area contributed by atoms with E-state index in [0.717, 1.165) is 16.3 Å². The first-order valence-electron chi connectivity index (χ1n) is 6.68. The van der Waals surface area contributed by atoms with Crippen LogP contribution in [-0.4, -0.2) is 22.7 Å². The molecule has 1 atom stereocenters. The molecule has 0 aromatic carbocycles. The van der Waals surface area contributed by atoms with E-state index in [9.17, 15) is 4.79 Å². The molecule has 1 amide bonds. The number of nitrogen functional groups attached to an aromatic ring is 1. The zero-order chi connectivity index (χ0) is 14.3. The molecule has 1 aromatic heterocycles. The molecule has 0 saturated heterocycles. The number of thiazole rings is 1. The van der Waals surface area contributed by atoms with Gasteiger partial charge in [-0.25, -0.2) is 4.98 Å². The maximum absolute atomic E-state index is 11.8. The number of thioether (sulfide) groups is 1. The van der Waals surface area contributed by atoms with E-state index in [1.807, 2.05) is 6.92 Å². The number of unbranched alkanes of at least 4 members (excludes halogenated alkanes) is 2. The smallest absolute Gasteiger partial charge is 0.230 e. The van der Waals surface area contributed by atoms with Crippen LogP contribution in [0.5, 0.6) is 0 Å². The number of carbonyl (C=O) groups is 1. The third kappa shape index (κ3) is 6.29. The Bertz CT molecular complexity index is 407. The number of rotatable bonds is 8. The molecule has 4 nitrogen and oxygen atoms in total. The number of hydrogen-bond donors (Lipinski definition) is 2. The fourth-order valence-electron chi connectivity index (χ4n) is 1.76. The molecule has 0 aliphatic carbocycles. The molecular weight excluding hydrogens is 278 g/mol. The van der Waals surface area contributed by atoms with Crippen molar-refractivity contribution in [1.29, 1.82) is 0 Å². The largest absolute Gasteiger partial charge is 0.375 e. The summed E-state index contributed by atoms with van der Waals surface area (Å²) in [6, 6.07) is 0.257. The van der Waals surface area contributed by atoms with Gasteiger partial charge in [0.1, 0.15) is 0 Å². The van der Waals surface area contributed by atoms with Gasteiger partial charge in [-0.05, 0) is 20.3 Å². The normalized spacial score (nSPS) is 12.4. The van der Waals surface area contributed by atoms with Crippen molar-refractivity contribution < 1.29 is 4.79 Å².